The largest absolute Gasteiger partial charge is 0.381 e. The molecule has 0 saturated carbocycles. The molecule has 24 heavy (non-hydrogen) atoms. The Kier molecular flexibility index (Phi) is 5.29. The maximum absolute atomic E-state index is 12.3. The molecule has 0 atom stereocenters. The average molecular weight is 381 g/mol. The van der Waals surface area contributed by atoms with Crippen LogP contribution >= 0.6 is 15.9 Å². The number of carbonyl (C=O) groups is 1. The zero-order valence-electron chi connectivity index (χ0n) is 13.0. The summed E-state index contributed by atoms with van der Waals surface area (Å²) < 4.78 is 0.781. The Morgan fingerprint density at radius 3 is 2.12 bits per heavy atom. The highest BCUT2D eigenvalue weighted by Crippen LogP contribution is 2.19. The number of rotatable bonds is 5. The molecule has 0 radical (unpaired) electrons. The summed E-state index contributed by atoms with van der Waals surface area (Å²) in [5, 5.41) is 6.27. The quantitative estimate of drug-likeness (QED) is 0.629. The number of anilines is 2. The Balaban J connectivity index is 1.60. The normalized spacial score (nSPS) is 10.2. The molecule has 0 bridgehead atoms. The van der Waals surface area contributed by atoms with E-state index in [0.29, 0.717) is 5.56 Å². The zero-order chi connectivity index (χ0) is 16.8. The van der Waals surface area contributed by atoms with Gasteiger partial charge < -0.3 is 10.6 Å². The molecular formula is C20H17BrN2O. The SMILES string of the molecule is O=C(Nc1ccc(NCc2ccccc2)cc1)c1ccccc1Br. The lowest BCUT2D eigenvalue weighted by molar-refractivity contribution is 0.102. The van der Waals surface area contributed by atoms with Gasteiger partial charge in [0.25, 0.3) is 5.91 Å². The molecule has 0 aliphatic carbocycles. The summed E-state index contributed by atoms with van der Waals surface area (Å²) in [6, 6.07) is 25.3. The first kappa shape index (κ1) is 16.3. The summed E-state index contributed by atoms with van der Waals surface area (Å²) in [6.07, 6.45) is 0. The molecule has 1 amide bonds. The molecule has 0 fully saturated rings. The minimum atomic E-state index is -0.132. The summed E-state index contributed by atoms with van der Waals surface area (Å²) in [6.45, 7) is 0.767. The van der Waals surface area contributed by atoms with Crippen LogP contribution in [0, 0.1) is 0 Å². The maximum atomic E-state index is 12.3. The van der Waals surface area contributed by atoms with Crippen LogP contribution in [-0.2, 0) is 6.54 Å². The minimum absolute atomic E-state index is 0.132. The van der Waals surface area contributed by atoms with Crippen LogP contribution in [0.25, 0.3) is 0 Å². The van der Waals surface area contributed by atoms with Gasteiger partial charge in [0, 0.05) is 22.4 Å². The first-order chi connectivity index (χ1) is 11.7. The third kappa shape index (κ3) is 4.24. The molecule has 2 N–H and O–H groups in total. The number of amides is 1. The number of carbonyl (C=O) groups excluding carboxylic acids is 1. The molecule has 3 nitrogen and oxygen atoms in total. The summed E-state index contributed by atoms with van der Waals surface area (Å²) in [4.78, 5) is 12.3. The Bertz CT molecular complexity index is 817. The van der Waals surface area contributed by atoms with Gasteiger partial charge in [0.1, 0.15) is 0 Å². The van der Waals surface area contributed by atoms with E-state index in [2.05, 4.69) is 38.7 Å². The minimum Gasteiger partial charge on any atom is -0.381 e. The highest BCUT2D eigenvalue weighted by molar-refractivity contribution is 9.10. The highest BCUT2D eigenvalue weighted by Gasteiger charge is 2.09. The van der Waals surface area contributed by atoms with Gasteiger partial charge in [-0.3, -0.25) is 4.79 Å². The van der Waals surface area contributed by atoms with Gasteiger partial charge in [-0.1, -0.05) is 42.5 Å². The second-order valence-electron chi connectivity index (χ2n) is 5.35. The van der Waals surface area contributed by atoms with Crippen molar-refractivity contribution in [2.75, 3.05) is 10.6 Å². The third-order valence-electron chi connectivity index (χ3n) is 3.60. The third-order valence-corrected chi connectivity index (χ3v) is 4.29. The van der Waals surface area contributed by atoms with Gasteiger partial charge in [0.2, 0.25) is 0 Å². The van der Waals surface area contributed by atoms with Crippen LogP contribution in [0.3, 0.4) is 0 Å². The maximum Gasteiger partial charge on any atom is 0.256 e. The van der Waals surface area contributed by atoms with Crippen LogP contribution in [0.15, 0.2) is 83.3 Å². The van der Waals surface area contributed by atoms with Crippen LogP contribution < -0.4 is 10.6 Å². The number of benzene rings is 3. The summed E-state index contributed by atoms with van der Waals surface area (Å²) in [5.74, 6) is -0.132. The number of nitrogens with one attached hydrogen (secondary N) is 2. The van der Waals surface area contributed by atoms with E-state index in [0.717, 1.165) is 22.4 Å². The van der Waals surface area contributed by atoms with E-state index in [1.54, 1.807) is 6.07 Å². The van der Waals surface area contributed by atoms with Crippen molar-refractivity contribution in [1.29, 1.82) is 0 Å². The molecule has 4 heteroatoms. The smallest absolute Gasteiger partial charge is 0.256 e. The van der Waals surface area contributed by atoms with Crippen LogP contribution in [0.2, 0.25) is 0 Å². The van der Waals surface area contributed by atoms with Crippen LogP contribution in [0.4, 0.5) is 11.4 Å². The standard InChI is InChI=1S/C20H17BrN2O/c21-19-9-5-4-8-18(19)20(24)23-17-12-10-16(11-13-17)22-14-15-6-2-1-3-7-15/h1-13,22H,14H2,(H,23,24). The molecule has 0 aliphatic heterocycles. The summed E-state index contributed by atoms with van der Waals surface area (Å²) >= 11 is 3.39. The van der Waals surface area contributed by atoms with Crippen molar-refractivity contribution < 1.29 is 4.79 Å². The lowest BCUT2D eigenvalue weighted by Gasteiger charge is -2.09. The summed E-state index contributed by atoms with van der Waals surface area (Å²) in [5.41, 5.74) is 3.62. The molecular weight excluding hydrogens is 364 g/mol. The van der Waals surface area contributed by atoms with Crippen molar-refractivity contribution in [3.05, 3.63) is 94.5 Å². The van der Waals surface area contributed by atoms with Gasteiger partial charge in [-0.25, -0.2) is 0 Å². The monoisotopic (exact) mass is 380 g/mol. The highest BCUT2D eigenvalue weighted by atomic mass is 79.9. The topological polar surface area (TPSA) is 41.1 Å². The van der Waals surface area contributed by atoms with Gasteiger partial charge in [-0.05, 0) is 57.9 Å². The number of hydrogen-bond acceptors (Lipinski definition) is 2. The fourth-order valence-corrected chi connectivity index (χ4v) is 2.78. The lowest BCUT2D eigenvalue weighted by Crippen LogP contribution is -2.12. The molecule has 3 aromatic rings. The molecule has 0 heterocycles. The number of halogens is 1. The van der Waals surface area contributed by atoms with Crippen molar-refractivity contribution in [1.82, 2.24) is 0 Å². The first-order valence-corrected chi connectivity index (χ1v) is 8.45. The molecule has 0 spiro atoms. The van der Waals surface area contributed by atoms with Crippen LogP contribution in [0.1, 0.15) is 15.9 Å². The van der Waals surface area contributed by atoms with Crippen molar-refractivity contribution in [2.45, 2.75) is 6.54 Å². The second kappa shape index (κ2) is 7.79. The van der Waals surface area contributed by atoms with Gasteiger partial charge >= 0.3 is 0 Å². The molecule has 0 unspecified atom stereocenters. The van der Waals surface area contributed by atoms with Gasteiger partial charge in [-0.15, -0.1) is 0 Å². The molecule has 0 aromatic heterocycles. The van der Waals surface area contributed by atoms with Crippen LogP contribution in [0.5, 0.6) is 0 Å². The van der Waals surface area contributed by atoms with Crippen molar-refractivity contribution >= 4 is 33.2 Å². The Hall–Kier alpha value is -2.59. The summed E-state index contributed by atoms with van der Waals surface area (Å²) in [7, 11) is 0. The zero-order valence-corrected chi connectivity index (χ0v) is 14.6. The molecule has 3 rings (SSSR count). The van der Waals surface area contributed by atoms with E-state index in [1.807, 2.05) is 60.7 Å². The Morgan fingerprint density at radius 1 is 0.792 bits per heavy atom. The van der Waals surface area contributed by atoms with Gasteiger partial charge in [0.05, 0.1) is 5.56 Å². The van der Waals surface area contributed by atoms with Crippen molar-refractivity contribution in [3.63, 3.8) is 0 Å². The first-order valence-electron chi connectivity index (χ1n) is 7.66. The van der Waals surface area contributed by atoms with E-state index in [9.17, 15) is 4.79 Å². The Labute approximate surface area is 149 Å². The van der Waals surface area contributed by atoms with Gasteiger partial charge in [0.15, 0.2) is 0 Å². The predicted octanol–water partition coefficient (Wildman–Crippen LogP) is 5.31. The van der Waals surface area contributed by atoms with E-state index in [1.165, 1.54) is 5.56 Å². The lowest BCUT2D eigenvalue weighted by atomic mass is 10.2. The fraction of sp³-hybridized carbons (Fsp3) is 0.0500. The van der Waals surface area contributed by atoms with E-state index >= 15 is 0 Å². The molecule has 120 valence electrons. The predicted molar refractivity (Wildman–Crippen MR) is 102 cm³/mol. The van der Waals surface area contributed by atoms with E-state index in [-0.39, 0.29) is 5.91 Å². The van der Waals surface area contributed by atoms with Gasteiger partial charge in [-0.2, -0.15) is 0 Å². The molecule has 3 aromatic carbocycles. The van der Waals surface area contributed by atoms with Crippen LogP contribution in [-0.4, -0.2) is 5.91 Å². The van der Waals surface area contributed by atoms with E-state index < -0.39 is 0 Å². The number of hydrogen-bond donors (Lipinski definition) is 2. The second-order valence-corrected chi connectivity index (χ2v) is 6.20. The average Bonchev–Trinajstić information content (AvgIpc) is 2.62. The Morgan fingerprint density at radius 2 is 1.42 bits per heavy atom. The van der Waals surface area contributed by atoms with E-state index in [4.69, 9.17) is 0 Å². The van der Waals surface area contributed by atoms with Crippen molar-refractivity contribution in [2.24, 2.45) is 0 Å². The molecule has 0 aliphatic rings. The fourth-order valence-electron chi connectivity index (χ4n) is 2.32. The molecule has 0 saturated heterocycles. The van der Waals surface area contributed by atoms with Crippen molar-refractivity contribution in [3.8, 4) is 0 Å².